The van der Waals surface area contributed by atoms with E-state index in [1.54, 1.807) is 13.8 Å². The lowest BCUT2D eigenvalue weighted by Crippen LogP contribution is -2.33. The molecule has 0 spiro atoms. The Balaban J connectivity index is 2.44. The minimum Gasteiger partial charge on any atom is -0.306 e. The second kappa shape index (κ2) is 9.23. The summed E-state index contributed by atoms with van der Waals surface area (Å²) in [5, 5.41) is 0.388. The molecule has 0 fully saturated rings. The van der Waals surface area contributed by atoms with Gasteiger partial charge in [-0.05, 0) is 27.2 Å². The molecule has 1 N–H and O–H groups in total. The fourth-order valence-corrected chi connectivity index (χ4v) is 6.26. The topological polar surface area (TPSA) is 92.9 Å². The summed E-state index contributed by atoms with van der Waals surface area (Å²) < 4.78 is 57.6. The zero-order valence-corrected chi connectivity index (χ0v) is 19.3. The van der Waals surface area contributed by atoms with Crippen LogP contribution in [0.15, 0.2) is 36.2 Å². The summed E-state index contributed by atoms with van der Waals surface area (Å²) in [6.07, 6.45) is 0.918. The van der Waals surface area contributed by atoms with Crippen LogP contribution in [0.5, 0.6) is 0 Å². The number of allylic oxidation sites excluding steroid dienone is 1. The number of hydrogen-bond donors (Lipinski definition) is 1. The molecule has 29 heavy (non-hydrogen) atoms. The molecule has 0 aromatic heterocycles. The van der Waals surface area contributed by atoms with Crippen molar-refractivity contribution >= 4 is 29.1 Å². The largest absolute Gasteiger partial charge is 0.358 e. The standard InChI is InChI=1S/C20H30NO6PS/c1-6-26-28(22,27-7-2)17(4)20(5)16(3)21(14-10-11-15-29(23,24)25)19-13-9-8-12-18(19)20/h8-9,12-13H,4,6-7,10-11,14-15H2,1-3,5H3/p+1. The minimum absolute atomic E-state index is 0.242. The predicted octanol–water partition coefficient (Wildman–Crippen LogP) is 4.51. The van der Waals surface area contributed by atoms with Gasteiger partial charge in [0.25, 0.3) is 10.1 Å². The molecule has 0 bridgehead atoms. The van der Waals surface area contributed by atoms with E-state index in [-0.39, 0.29) is 19.0 Å². The van der Waals surface area contributed by atoms with Crippen LogP contribution in [0.3, 0.4) is 0 Å². The predicted molar refractivity (Wildman–Crippen MR) is 115 cm³/mol. The van der Waals surface area contributed by atoms with Gasteiger partial charge in [-0.3, -0.25) is 9.12 Å². The summed E-state index contributed by atoms with van der Waals surface area (Å²) in [6.45, 7) is 12.7. The lowest BCUT2D eigenvalue weighted by atomic mass is 9.80. The van der Waals surface area contributed by atoms with Crippen molar-refractivity contribution in [2.75, 3.05) is 25.5 Å². The Morgan fingerprint density at radius 1 is 1.21 bits per heavy atom. The molecule has 0 saturated heterocycles. The van der Waals surface area contributed by atoms with Crippen LogP contribution in [0.4, 0.5) is 5.69 Å². The first-order valence-electron chi connectivity index (χ1n) is 9.76. The molecule has 1 heterocycles. The van der Waals surface area contributed by atoms with Gasteiger partial charge in [-0.25, -0.2) is 0 Å². The first-order chi connectivity index (χ1) is 13.5. The fraction of sp³-hybridized carbons (Fsp3) is 0.550. The summed E-state index contributed by atoms with van der Waals surface area (Å²) >= 11 is 0. The number of para-hydroxylation sites is 1. The minimum atomic E-state index is -3.97. The van der Waals surface area contributed by atoms with Crippen molar-refractivity contribution in [2.24, 2.45) is 0 Å². The number of hydrogen-bond acceptors (Lipinski definition) is 5. The van der Waals surface area contributed by atoms with Crippen molar-refractivity contribution in [3.8, 4) is 0 Å². The molecule has 1 atom stereocenters. The van der Waals surface area contributed by atoms with Gasteiger partial charge in [-0.2, -0.15) is 13.0 Å². The van der Waals surface area contributed by atoms with E-state index >= 15 is 0 Å². The van der Waals surface area contributed by atoms with Crippen LogP contribution in [0.2, 0.25) is 0 Å². The van der Waals surface area contributed by atoms with Gasteiger partial charge in [0, 0.05) is 25.0 Å². The van der Waals surface area contributed by atoms with E-state index in [2.05, 4.69) is 11.2 Å². The molecule has 2 rings (SSSR count). The molecule has 0 aliphatic carbocycles. The van der Waals surface area contributed by atoms with E-state index in [1.165, 1.54) is 0 Å². The highest BCUT2D eigenvalue weighted by molar-refractivity contribution is 7.85. The van der Waals surface area contributed by atoms with Gasteiger partial charge in [0.15, 0.2) is 5.71 Å². The average Bonchev–Trinajstić information content (AvgIpc) is 2.87. The number of fused-ring (bicyclic) bond motifs is 1. The maximum absolute atomic E-state index is 13.5. The Kier molecular flexibility index (Phi) is 7.63. The van der Waals surface area contributed by atoms with Crippen LogP contribution in [0, 0.1) is 0 Å². The van der Waals surface area contributed by atoms with Gasteiger partial charge in [-0.15, -0.1) is 0 Å². The second-order valence-electron chi connectivity index (χ2n) is 7.15. The third kappa shape index (κ3) is 4.89. The number of rotatable bonds is 11. The summed E-state index contributed by atoms with van der Waals surface area (Å²) in [7, 11) is -7.52. The quantitative estimate of drug-likeness (QED) is 0.234. The van der Waals surface area contributed by atoms with Gasteiger partial charge < -0.3 is 9.05 Å². The summed E-state index contributed by atoms with van der Waals surface area (Å²) in [5.74, 6) is -0.268. The summed E-state index contributed by atoms with van der Waals surface area (Å²) in [6, 6.07) is 7.80. The molecule has 7 nitrogen and oxygen atoms in total. The van der Waals surface area contributed by atoms with E-state index in [9.17, 15) is 13.0 Å². The van der Waals surface area contributed by atoms with E-state index < -0.39 is 23.1 Å². The molecule has 0 radical (unpaired) electrons. The normalized spacial score (nSPS) is 19.5. The molecular formula is C20H31NO6PS+. The van der Waals surface area contributed by atoms with E-state index in [1.807, 2.05) is 38.1 Å². The van der Waals surface area contributed by atoms with Gasteiger partial charge >= 0.3 is 7.60 Å². The highest BCUT2D eigenvalue weighted by atomic mass is 32.2. The Morgan fingerprint density at radius 3 is 2.34 bits per heavy atom. The van der Waals surface area contributed by atoms with Gasteiger partial charge in [0.1, 0.15) is 12.0 Å². The Morgan fingerprint density at radius 2 is 1.79 bits per heavy atom. The zero-order chi connectivity index (χ0) is 21.9. The highest BCUT2D eigenvalue weighted by Crippen LogP contribution is 2.63. The van der Waals surface area contributed by atoms with Crippen molar-refractivity contribution in [3.63, 3.8) is 0 Å². The number of nitrogens with zero attached hydrogens (tertiary/aromatic N) is 1. The van der Waals surface area contributed by atoms with E-state index in [0.29, 0.717) is 24.7 Å². The van der Waals surface area contributed by atoms with Crippen LogP contribution >= 0.6 is 7.60 Å². The first kappa shape index (κ1) is 24.0. The maximum atomic E-state index is 13.5. The van der Waals surface area contributed by atoms with Gasteiger partial charge in [-0.1, -0.05) is 24.8 Å². The van der Waals surface area contributed by atoms with Crippen LogP contribution in [0.25, 0.3) is 0 Å². The van der Waals surface area contributed by atoms with Crippen LogP contribution < -0.4 is 0 Å². The molecule has 1 aliphatic rings. The van der Waals surface area contributed by atoms with Crippen LogP contribution in [-0.2, 0) is 29.1 Å². The molecule has 1 aromatic carbocycles. The highest BCUT2D eigenvalue weighted by Gasteiger charge is 2.54. The van der Waals surface area contributed by atoms with Gasteiger partial charge in [0.05, 0.1) is 24.3 Å². The van der Waals surface area contributed by atoms with E-state index in [0.717, 1.165) is 17.0 Å². The number of unbranched alkanes of at least 4 members (excludes halogenated alkanes) is 1. The maximum Gasteiger partial charge on any atom is 0.358 e. The van der Waals surface area contributed by atoms with Crippen LogP contribution in [-0.4, -0.2) is 48.8 Å². The van der Waals surface area contributed by atoms with Crippen molar-refractivity contribution < 1.29 is 31.2 Å². The molecule has 1 unspecified atom stereocenters. The molecule has 162 valence electrons. The molecule has 0 saturated carbocycles. The van der Waals surface area contributed by atoms with Crippen LogP contribution in [0.1, 0.15) is 46.1 Å². The van der Waals surface area contributed by atoms with Crippen molar-refractivity contribution in [3.05, 3.63) is 41.7 Å². The Bertz CT molecular complexity index is 945. The molecule has 9 heteroatoms. The van der Waals surface area contributed by atoms with Crippen molar-refractivity contribution in [1.82, 2.24) is 0 Å². The Labute approximate surface area is 173 Å². The smallest absolute Gasteiger partial charge is 0.306 e. The summed E-state index contributed by atoms with van der Waals surface area (Å²) in [4.78, 5) is 0. The lowest BCUT2D eigenvalue weighted by Gasteiger charge is -2.30. The second-order valence-corrected chi connectivity index (χ2v) is 10.8. The van der Waals surface area contributed by atoms with Crippen molar-refractivity contribution in [2.45, 2.75) is 46.0 Å². The van der Waals surface area contributed by atoms with E-state index in [4.69, 9.17) is 13.6 Å². The fourth-order valence-electron chi connectivity index (χ4n) is 3.79. The molecule has 0 amide bonds. The molecule has 1 aromatic rings. The summed E-state index contributed by atoms with van der Waals surface area (Å²) in [5.41, 5.74) is 2.09. The third-order valence-electron chi connectivity index (χ3n) is 5.40. The monoisotopic (exact) mass is 444 g/mol. The molecule has 1 aliphatic heterocycles. The third-order valence-corrected chi connectivity index (χ3v) is 8.51. The first-order valence-corrected chi connectivity index (χ1v) is 12.9. The zero-order valence-electron chi connectivity index (χ0n) is 17.6. The lowest BCUT2D eigenvalue weighted by molar-refractivity contribution is -0.439. The van der Waals surface area contributed by atoms with Gasteiger partial charge in [0.2, 0.25) is 5.69 Å². The van der Waals surface area contributed by atoms with Crippen molar-refractivity contribution in [1.29, 1.82) is 0 Å². The SMILES string of the molecule is C=C(C1(C)C(C)=[N+](CCCCS(=O)(=O)O)c2ccccc21)P(=O)(OCC)OCC. The number of benzene rings is 1. The molecular weight excluding hydrogens is 413 g/mol. The average molecular weight is 445 g/mol. The Hall–Kier alpha value is -1.31.